The minimum absolute atomic E-state index is 0.0175. The van der Waals surface area contributed by atoms with Crippen LogP contribution in [0.4, 0.5) is 5.69 Å². The van der Waals surface area contributed by atoms with Crippen LogP contribution < -0.4 is 15.4 Å². The molecule has 0 spiro atoms. The smallest absolute Gasteiger partial charge is 0.238 e. The van der Waals surface area contributed by atoms with Crippen LogP contribution in [0.15, 0.2) is 24.3 Å². The highest BCUT2D eigenvalue weighted by molar-refractivity contribution is 5.92. The van der Waals surface area contributed by atoms with E-state index in [4.69, 9.17) is 14.9 Å². The molecule has 0 unspecified atom stereocenters. The fraction of sp³-hybridized carbons (Fsp3) is 0.364. The van der Waals surface area contributed by atoms with Crippen molar-refractivity contribution in [2.45, 2.75) is 6.29 Å². The summed E-state index contributed by atoms with van der Waals surface area (Å²) in [5.41, 5.74) is 0.655. The molecule has 0 aliphatic rings. The predicted molar refractivity (Wildman–Crippen MR) is 62.7 cm³/mol. The van der Waals surface area contributed by atoms with Gasteiger partial charge < -0.3 is 25.6 Å². The van der Waals surface area contributed by atoms with Gasteiger partial charge in [-0.25, -0.2) is 0 Å². The zero-order chi connectivity index (χ0) is 12.7. The topological polar surface area (TPSA) is 90.8 Å². The summed E-state index contributed by atoms with van der Waals surface area (Å²) in [6.45, 7) is -0.0281. The summed E-state index contributed by atoms with van der Waals surface area (Å²) in [4.78, 5) is 11.4. The van der Waals surface area contributed by atoms with Crippen molar-refractivity contribution >= 4 is 11.6 Å². The van der Waals surface area contributed by atoms with Gasteiger partial charge in [0.15, 0.2) is 6.29 Å². The van der Waals surface area contributed by atoms with Gasteiger partial charge in [0.1, 0.15) is 5.75 Å². The predicted octanol–water partition coefficient (Wildman–Crippen LogP) is -0.466. The van der Waals surface area contributed by atoms with Gasteiger partial charge in [0.25, 0.3) is 0 Å². The largest absolute Gasteiger partial charge is 0.497 e. The first-order valence-corrected chi connectivity index (χ1v) is 5.12. The van der Waals surface area contributed by atoms with Crippen LogP contribution in [0.25, 0.3) is 0 Å². The average Bonchev–Trinajstić information content (AvgIpc) is 2.29. The Bertz CT molecular complexity index is 351. The van der Waals surface area contributed by atoms with Crippen LogP contribution in [0, 0.1) is 0 Å². The lowest BCUT2D eigenvalue weighted by atomic mass is 10.3. The second kappa shape index (κ2) is 6.85. The SMILES string of the molecule is COc1ccc(NC(=O)CNCC(O)O)cc1. The Morgan fingerprint density at radius 2 is 2.00 bits per heavy atom. The van der Waals surface area contributed by atoms with Crippen molar-refractivity contribution in [2.24, 2.45) is 0 Å². The number of amides is 1. The molecule has 6 heteroatoms. The van der Waals surface area contributed by atoms with Gasteiger partial charge in [-0.1, -0.05) is 0 Å². The molecule has 6 nitrogen and oxygen atoms in total. The molecule has 4 N–H and O–H groups in total. The molecule has 0 bridgehead atoms. The van der Waals surface area contributed by atoms with E-state index in [-0.39, 0.29) is 19.0 Å². The molecule has 0 aliphatic heterocycles. The first kappa shape index (κ1) is 13.4. The molecular formula is C11H16N2O4. The van der Waals surface area contributed by atoms with E-state index >= 15 is 0 Å². The summed E-state index contributed by atoms with van der Waals surface area (Å²) in [6, 6.07) is 6.91. The molecule has 0 heterocycles. The molecule has 0 fully saturated rings. The van der Waals surface area contributed by atoms with E-state index < -0.39 is 6.29 Å². The minimum atomic E-state index is -1.45. The van der Waals surface area contributed by atoms with Crippen molar-refractivity contribution in [3.63, 3.8) is 0 Å². The van der Waals surface area contributed by atoms with Gasteiger partial charge in [-0.05, 0) is 24.3 Å². The Morgan fingerprint density at radius 1 is 1.35 bits per heavy atom. The number of ether oxygens (including phenoxy) is 1. The second-order valence-electron chi connectivity index (χ2n) is 3.39. The maximum absolute atomic E-state index is 11.4. The molecule has 1 amide bonds. The number of rotatable bonds is 6. The number of carbonyl (C=O) groups is 1. The number of anilines is 1. The maximum Gasteiger partial charge on any atom is 0.238 e. The lowest BCUT2D eigenvalue weighted by Crippen LogP contribution is -2.33. The summed E-state index contributed by atoms with van der Waals surface area (Å²) in [5, 5.41) is 22.4. The van der Waals surface area contributed by atoms with Gasteiger partial charge in [0.2, 0.25) is 5.91 Å². The van der Waals surface area contributed by atoms with Crippen LogP contribution in [-0.4, -0.2) is 42.6 Å². The lowest BCUT2D eigenvalue weighted by molar-refractivity contribution is -0.115. The zero-order valence-electron chi connectivity index (χ0n) is 9.51. The van der Waals surface area contributed by atoms with Crippen LogP contribution in [0.3, 0.4) is 0 Å². The van der Waals surface area contributed by atoms with E-state index in [0.717, 1.165) is 0 Å². The van der Waals surface area contributed by atoms with Crippen molar-refractivity contribution in [3.05, 3.63) is 24.3 Å². The molecule has 1 aromatic carbocycles. The third-order valence-electron chi connectivity index (χ3n) is 1.99. The Hall–Kier alpha value is -1.63. The molecule has 94 valence electrons. The number of carbonyl (C=O) groups excluding carboxylic acids is 1. The third-order valence-corrected chi connectivity index (χ3v) is 1.99. The van der Waals surface area contributed by atoms with E-state index in [1.165, 1.54) is 0 Å². The summed E-state index contributed by atoms with van der Waals surface area (Å²) in [7, 11) is 1.57. The van der Waals surface area contributed by atoms with Crippen molar-refractivity contribution in [2.75, 3.05) is 25.5 Å². The summed E-state index contributed by atoms with van der Waals surface area (Å²) < 4.78 is 4.98. The quantitative estimate of drug-likeness (QED) is 0.505. The first-order chi connectivity index (χ1) is 8.11. The van der Waals surface area contributed by atoms with E-state index in [1.54, 1.807) is 31.4 Å². The first-order valence-electron chi connectivity index (χ1n) is 5.12. The molecule has 1 rings (SSSR count). The van der Waals surface area contributed by atoms with Gasteiger partial charge >= 0.3 is 0 Å². The monoisotopic (exact) mass is 240 g/mol. The summed E-state index contributed by atoms with van der Waals surface area (Å²) in [5.74, 6) is 0.459. The number of benzene rings is 1. The Kier molecular flexibility index (Phi) is 5.41. The van der Waals surface area contributed by atoms with Crippen LogP contribution in [0.1, 0.15) is 0 Å². The highest BCUT2D eigenvalue weighted by atomic mass is 16.5. The zero-order valence-corrected chi connectivity index (χ0v) is 9.51. The van der Waals surface area contributed by atoms with Gasteiger partial charge in [-0.15, -0.1) is 0 Å². The van der Waals surface area contributed by atoms with E-state index in [9.17, 15) is 4.79 Å². The molecule has 0 saturated heterocycles. The Balaban J connectivity index is 2.34. The molecule has 0 atom stereocenters. The van der Waals surface area contributed by atoms with Crippen molar-refractivity contribution in [3.8, 4) is 5.75 Å². The second-order valence-corrected chi connectivity index (χ2v) is 3.39. The Labute approximate surface area is 99.2 Å². The molecular weight excluding hydrogens is 224 g/mol. The van der Waals surface area contributed by atoms with Gasteiger partial charge in [0, 0.05) is 12.2 Å². The molecule has 0 saturated carbocycles. The fourth-order valence-corrected chi connectivity index (χ4v) is 1.19. The van der Waals surface area contributed by atoms with Gasteiger partial charge in [-0.3, -0.25) is 4.79 Å². The minimum Gasteiger partial charge on any atom is -0.497 e. The van der Waals surface area contributed by atoms with Crippen molar-refractivity contribution in [1.29, 1.82) is 0 Å². The summed E-state index contributed by atoms with van der Waals surface area (Å²) >= 11 is 0. The number of aliphatic hydroxyl groups is 2. The Morgan fingerprint density at radius 3 is 2.53 bits per heavy atom. The van der Waals surface area contributed by atoms with Gasteiger partial charge in [0.05, 0.1) is 13.7 Å². The number of aliphatic hydroxyl groups excluding tert-OH is 1. The number of hydrogen-bond acceptors (Lipinski definition) is 5. The van der Waals surface area contributed by atoms with Gasteiger partial charge in [-0.2, -0.15) is 0 Å². The standard InChI is InChI=1S/C11H16N2O4/c1-17-9-4-2-8(3-5-9)13-10(14)6-12-7-11(15)16/h2-5,11-12,15-16H,6-7H2,1H3,(H,13,14). The number of methoxy groups -OCH3 is 1. The lowest BCUT2D eigenvalue weighted by Gasteiger charge is -2.08. The van der Waals surface area contributed by atoms with Crippen LogP contribution in [0.5, 0.6) is 5.75 Å². The van der Waals surface area contributed by atoms with Crippen LogP contribution in [0.2, 0.25) is 0 Å². The van der Waals surface area contributed by atoms with Crippen molar-refractivity contribution in [1.82, 2.24) is 5.32 Å². The molecule has 0 aromatic heterocycles. The van der Waals surface area contributed by atoms with E-state index in [0.29, 0.717) is 11.4 Å². The molecule has 1 aromatic rings. The van der Waals surface area contributed by atoms with Crippen molar-refractivity contribution < 1.29 is 19.7 Å². The van der Waals surface area contributed by atoms with Crippen LogP contribution in [-0.2, 0) is 4.79 Å². The highest BCUT2D eigenvalue weighted by Crippen LogP contribution is 2.14. The maximum atomic E-state index is 11.4. The number of hydrogen-bond donors (Lipinski definition) is 4. The van der Waals surface area contributed by atoms with E-state index in [1.807, 2.05) is 0 Å². The molecule has 17 heavy (non-hydrogen) atoms. The van der Waals surface area contributed by atoms with Crippen LogP contribution >= 0.6 is 0 Å². The highest BCUT2D eigenvalue weighted by Gasteiger charge is 2.03. The van der Waals surface area contributed by atoms with E-state index in [2.05, 4.69) is 10.6 Å². The molecule has 0 radical (unpaired) electrons. The normalized spacial score (nSPS) is 10.4. The fourth-order valence-electron chi connectivity index (χ4n) is 1.19. The molecule has 0 aliphatic carbocycles. The number of nitrogens with one attached hydrogen (secondary N) is 2. The summed E-state index contributed by atoms with van der Waals surface area (Å²) in [6.07, 6.45) is -1.45. The average molecular weight is 240 g/mol. The third kappa shape index (κ3) is 5.30.